The van der Waals surface area contributed by atoms with Crippen molar-refractivity contribution in [2.45, 2.75) is 4.90 Å². The number of hydrogen-bond donors (Lipinski definition) is 1. The van der Waals surface area contributed by atoms with Crippen molar-refractivity contribution in [2.24, 2.45) is 0 Å². The molecule has 144 valence electrons. The average Bonchev–Trinajstić information content (AvgIpc) is 2.70. The van der Waals surface area contributed by atoms with E-state index in [1.54, 1.807) is 24.3 Å². The van der Waals surface area contributed by atoms with Crippen LogP contribution in [-0.4, -0.2) is 47.5 Å². The van der Waals surface area contributed by atoms with Crippen LogP contribution < -0.4 is 14.2 Å². The van der Waals surface area contributed by atoms with E-state index in [4.69, 9.17) is 14.2 Å². The number of hydrogen-bond acceptors (Lipinski definition) is 7. The molecule has 2 aromatic carbocycles. The van der Waals surface area contributed by atoms with Gasteiger partial charge in [-0.2, -0.15) is 4.72 Å². The lowest BCUT2D eigenvalue weighted by molar-refractivity contribution is -0.141. The zero-order chi connectivity index (χ0) is 19.9. The summed E-state index contributed by atoms with van der Waals surface area (Å²) in [4.78, 5) is 23.9. The number of benzene rings is 2. The van der Waals surface area contributed by atoms with E-state index in [0.29, 0.717) is 11.5 Å². The highest BCUT2D eigenvalue weighted by atomic mass is 32.2. The van der Waals surface area contributed by atoms with Crippen LogP contribution in [0, 0.1) is 0 Å². The first-order valence-electron chi connectivity index (χ1n) is 7.83. The minimum atomic E-state index is -3.83. The van der Waals surface area contributed by atoms with E-state index in [1.165, 1.54) is 38.5 Å². The van der Waals surface area contributed by atoms with Crippen LogP contribution in [0.3, 0.4) is 0 Å². The Morgan fingerprint density at radius 2 is 1.63 bits per heavy atom. The molecule has 1 N–H and O–H groups in total. The number of esters is 1. The van der Waals surface area contributed by atoms with Gasteiger partial charge in [0, 0.05) is 5.56 Å². The first kappa shape index (κ1) is 20.4. The summed E-state index contributed by atoms with van der Waals surface area (Å²) >= 11 is 0. The van der Waals surface area contributed by atoms with Gasteiger partial charge in [0.1, 0.15) is 6.54 Å². The SMILES string of the molecule is COc1ccc(C(=O)COC(=O)CNS(=O)(=O)c2ccccc2)cc1OC. The Morgan fingerprint density at radius 1 is 0.963 bits per heavy atom. The monoisotopic (exact) mass is 393 g/mol. The first-order chi connectivity index (χ1) is 12.9. The molecule has 9 heteroatoms. The summed E-state index contributed by atoms with van der Waals surface area (Å²) in [6, 6.07) is 12.1. The van der Waals surface area contributed by atoms with Crippen molar-refractivity contribution in [3.8, 4) is 11.5 Å². The van der Waals surface area contributed by atoms with E-state index in [9.17, 15) is 18.0 Å². The molecule has 8 nitrogen and oxygen atoms in total. The van der Waals surface area contributed by atoms with Gasteiger partial charge < -0.3 is 14.2 Å². The Labute approximate surface area is 157 Å². The van der Waals surface area contributed by atoms with Gasteiger partial charge in [-0.3, -0.25) is 9.59 Å². The van der Waals surface area contributed by atoms with E-state index in [1.807, 2.05) is 0 Å². The standard InChI is InChI=1S/C18H19NO7S/c1-24-16-9-8-13(10-17(16)25-2)15(20)12-26-18(21)11-19-27(22,23)14-6-4-3-5-7-14/h3-10,19H,11-12H2,1-2H3. The van der Waals surface area contributed by atoms with Crippen LogP contribution in [-0.2, 0) is 19.6 Å². The summed E-state index contributed by atoms with van der Waals surface area (Å²) < 4.78 is 41.2. The van der Waals surface area contributed by atoms with Crippen LogP contribution in [0.5, 0.6) is 11.5 Å². The van der Waals surface area contributed by atoms with E-state index >= 15 is 0 Å². The van der Waals surface area contributed by atoms with E-state index in [0.717, 1.165) is 0 Å². The van der Waals surface area contributed by atoms with Gasteiger partial charge in [0.25, 0.3) is 0 Å². The molecule has 0 fully saturated rings. The normalized spacial score (nSPS) is 10.9. The maximum Gasteiger partial charge on any atom is 0.321 e. The highest BCUT2D eigenvalue weighted by Gasteiger charge is 2.17. The summed E-state index contributed by atoms with van der Waals surface area (Å²) in [6.45, 7) is -1.11. The lowest BCUT2D eigenvalue weighted by atomic mass is 10.1. The number of rotatable bonds is 9. The molecular weight excluding hydrogens is 374 g/mol. The molecule has 0 radical (unpaired) electrons. The smallest absolute Gasteiger partial charge is 0.321 e. The lowest BCUT2D eigenvalue weighted by Crippen LogP contribution is -2.31. The molecule has 0 amide bonds. The van der Waals surface area contributed by atoms with Crippen molar-refractivity contribution < 1.29 is 32.2 Å². The molecule has 0 atom stereocenters. The Morgan fingerprint density at radius 3 is 2.26 bits per heavy atom. The fourth-order valence-corrected chi connectivity index (χ4v) is 3.12. The minimum absolute atomic E-state index is 0.0270. The average molecular weight is 393 g/mol. The van der Waals surface area contributed by atoms with Crippen LogP contribution in [0.25, 0.3) is 0 Å². The molecule has 0 bridgehead atoms. The molecule has 0 unspecified atom stereocenters. The predicted molar refractivity (Wildman–Crippen MR) is 96.5 cm³/mol. The molecule has 0 aliphatic heterocycles. The minimum Gasteiger partial charge on any atom is -0.493 e. The van der Waals surface area contributed by atoms with Crippen LogP contribution in [0.4, 0.5) is 0 Å². The fourth-order valence-electron chi connectivity index (χ4n) is 2.13. The molecule has 2 aromatic rings. The van der Waals surface area contributed by atoms with Gasteiger partial charge in [-0.15, -0.1) is 0 Å². The highest BCUT2D eigenvalue weighted by molar-refractivity contribution is 7.89. The molecule has 27 heavy (non-hydrogen) atoms. The van der Waals surface area contributed by atoms with E-state index in [-0.39, 0.29) is 10.5 Å². The Kier molecular flexibility index (Phi) is 6.91. The third kappa shape index (κ3) is 5.53. The van der Waals surface area contributed by atoms with E-state index < -0.39 is 34.9 Å². The Bertz CT molecular complexity index is 911. The zero-order valence-corrected chi connectivity index (χ0v) is 15.6. The molecule has 0 spiro atoms. The second-order valence-electron chi connectivity index (χ2n) is 5.29. The van der Waals surface area contributed by atoms with Gasteiger partial charge in [0.05, 0.1) is 19.1 Å². The number of carbonyl (C=O) groups is 2. The molecule has 2 rings (SSSR count). The number of sulfonamides is 1. The number of carbonyl (C=O) groups excluding carboxylic acids is 2. The van der Waals surface area contributed by atoms with Crippen molar-refractivity contribution in [3.63, 3.8) is 0 Å². The van der Waals surface area contributed by atoms with Gasteiger partial charge in [-0.25, -0.2) is 8.42 Å². The third-order valence-electron chi connectivity index (χ3n) is 3.53. The lowest BCUT2D eigenvalue weighted by Gasteiger charge is -2.10. The number of methoxy groups -OCH3 is 2. The number of ether oxygens (including phenoxy) is 3. The van der Waals surface area contributed by atoms with Gasteiger partial charge in [-0.05, 0) is 30.3 Å². The van der Waals surface area contributed by atoms with Crippen LogP contribution in [0.1, 0.15) is 10.4 Å². The largest absolute Gasteiger partial charge is 0.493 e. The predicted octanol–water partition coefficient (Wildman–Crippen LogP) is 1.41. The maximum atomic E-state index is 12.1. The molecule has 0 saturated carbocycles. The number of ketones is 1. The van der Waals surface area contributed by atoms with Crippen molar-refractivity contribution in [3.05, 3.63) is 54.1 Å². The van der Waals surface area contributed by atoms with Crippen LogP contribution in [0.15, 0.2) is 53.4 Å². The van der Waals surface area contributed by atoms with Gasteiger partial charge in [-0.1, -0.05) is 18.2 Å². The van der Waals surface area contributed by atoms with Gasteiger partial charge in [0.2, 0.25) is 10.0 Å². The third-order valence-corrected chi connectivity index (χ3v) is 4.95. The molecule has 0 aromatic heterocycles. The van der Waals surface area contributed by atoms with Crippen molar-refractivity contribution >= 4 is 21.8 Å². The van der Waals surface area contributed by atoms with Crippen molar-refractivity contribution in [1.29, 1.82) is 0 Å². The number of nitrogens with one attached hydrogen (secondary N) is 1. The summed E-state index contributed by atoms with van der Waals surface area (Å²) in [5.41, 5.74) is 0.269. The topological polar surface area (TPSA) is 108 Å². The summed E-state index contributed by atoms with van der Waals surface area (Å²) in [6.07, 6.45) is 0. The molecular formula is C18H19NO7S. The van der Waals surface area contributed by atoms with E-state index in [2.05, 4.69) is 4.72 Å². The second kappa shape index (κ2) is 9.15. The molecule has 0 aliphatic rings. The summed E-state index contributed by atoms with van der Waals surface area (Å²) in [5.74, 6) is -0.509. The van der Waals surface area contributed by atoms with Crippen LogP contribution in [0.2, 0.25) is 0 Å². The van der Waals surface area contributed by atoms with Gasteiger partial charge >= 0.3 is 5.97 Å². The maximum absolute atomic E-state index is 12.1. The first-order valence-corrected chi connectivity index (χ1v) is 9.31. The fraction of sp³-hybridized carbons (Fsp3) is 0.222. The highest BCUT2D eigenvalue weighted by Crippen LogP contribution is 2.27. The quantitative estimate of drug-likeness (QED) is 0.507. The molecule has 0 heterocycles. The summed E-state index contributed by atoms with van der Waals surface area (Å²) in [5, 5.41) is 0. The summed E-state index contributed by atoms with van der Waals surface area (Å²) in [7, 11) is -0.924. The van der Waals surface area contributed by atoms with Gasteiger partial charge in [0.15, 0.2) is 23.9 Å². The molecule has 0 saturated heterocycles. The second-order valence-corrected chi connectivity index (χ2v) is 7.06. The van der Waals surface area contributed by atoms with Crippen LogP contribution >= 0.6 is 0 Å². The Hall–Kier alpha value is -2.91. The van der Waals surface area contributed by atoms with Crippen molar-refractivity contribution in [2.75, 3.05) is 27.4 Å². The molecule has 0 aliphatic carbocycles. The van der Waals surface area contributed by atoms with Crippen molar-refractivity contribution in [1.82, 2.24) is 4.72 Å². The zero-order valence-electron chi connectivity index (χ0n) is 14.8. The number of Topliss-reactive ketones (excluding diaryl/α,β-unsaturated/α-hetero) is 1. The Balaban J connectivity index is 1.89.